The van der Waals surface area contributed by atoms with Gasteiger partial charge in [-0.2, -0.15) is 0 Å². The Labute approximate surface area is 150 Å². The van der Waals surface area contributed by atoms with Crippen molar-refractivity contribution in [3.8, 4) is 10.0 Å². The second-order valence-electron chi connectivity index (χ2n) is 5.96. The standard InChI is InChI=1S/C21H14SeTe/c1-13-7-18-9-15-10-20-17(8-16(15)12-21(18)23-13)11-19(22-20)14-5-3-2-4-6-14/h2-12H,1H3. The number of benzene rings is 3. The molecular formula is C21H14SeTe. The van der Waals surface area contributed by atoms with Gasteiger partial charge in [0.25, 0.3) is 0 Å². The maximum absolute atomic E-state index is 2.45. The van der Waals surface area contributed by atoms with Crippen LogP contribution >= 0.6 is 0 Å². The molecule has 0 atom stereocenters. The predicted octanol–water partition coefficient (Wildman–Crippen LogP) is 5.24. The number of hydrogen-bond acceptors (Lipinski definition) is 0. The van der Waals surface area contributed by atoms with Crippen LogP contribution in [0.3, 0.4) is 0 Å². The molecule has 0 unspecified atom stereocenters. The molecule has 3 aromatic carbocycles. The van der Waals surface area contributed by atoms with Crippen molar-refractivity contribution in [1.29, 1.82) is 0 Å². The van der Waals surface area contributed by atoms with Crippen LogP contribution in [0.5, 0.6) is 0 Å². The fraction of sp³-hybridized carbons (Fsp3) is 0.0476. The molecule has 0 fully saturated rings. The molecule has 0 amide bonds. The summed E-state index contributed by atoms with van der Waals surface area (Å²) in [6.45, 7) is 2.28. The third-order valence-electron chi connectivity index (χ3n) is 4.29. The summed E-state index contributed by atoms with van der Waals surface area (Å²) in [6.07, 6.45) is 0. The minimum atomic E-state index is -0.105. The fourth-order valence-corrected chi connectivity index (χ4v) is 8.23. The first-order valence-electron chi connectivity index (χ1n) is 7.69. The van der Waals surface area contributed by atoms with Crippen LogP contribution in [0.25, 0.3) is 39.2 Å². The van der Waals surface area contributed by atoms with Crippen molar-refractivity contribution in [2.45, 2.75) is 6.92 Å². The Morgan fingerprint density at radius 2 is 1.52 bits per heavy atom. The van der Waals surface area contributed by atoms with Crippen molar-refractivity contribution >= 4 is 64.1 Å². The van der Waals surface area contributed by atoms with Gasteiger partial charge in [-0.15, -0.1) is 0 Å². The molecule has 0 radical (unpaired) electrons. The Morgan fingerprint density at radius 1 is 0.739 bits per heavy atom. The molecule has 0 bridgehead atoms. The van der Waals surface area contributed by atoms with Gasteiger partial charge >= 0.3 is 151 Å². The van der Waals surface area contributed by atoms with Gasteiger partial charge < -0.3 is 0 Å². The SMILES string of the molecule is Cc1cc2cc3cc4[se]c(-c5ccccc5)cc4cc3cc2[te]1. The van der Waals surface area contributed by atoms with E-state index in [2.05, 4.69) is 73.7 Å². The molecule has 0 saturated carbocycles. The van der Waals surface area contributed by atoms with E-state index in [1.807, 2.05) is 0 Å². The summed E-state index contributed by atoms with van der Waals surface area (Å²) in [4.78, 5) is 0. The number of hydrogen-bond donors (Lipinski definition) is 0. The van der Waals surface area contributed by atoms with Gasteiger partial charge in [0.15, 0.2) is 0 Å². The Hall–Kier alpha value is -1.29. The summed E-state index contributed by atoms with van der Waals surface area (Å²) < 4.78 is 6.24. The van der Waals surface area contributed by atoms with Crippen LogP contribution in [0.1, 0.15) is 3.58 Å². The van der Waals surface area contributed by atoms with Crippen molar-refractivity contribution < 1.29 is 0 Å². The van der Waals surface area contributed by atoms with Crippen LogP contribution in [0, 0.1) is 6.92 Å². The van der Waals surface area contributed by atoms with Gasteiger partial charge in [0.2, 0.25) is 0 Å². The van der Waals surface area contributed by atoms with E-state index in [4.69, 9.17) is 0 Å². The molecule has 0 aliphatic carbocycles. The first-order chi connectivity index (χ1) is 11.3. The van der Waals surface area contributed by atoms with Crippen LogP contribution in [0.15, 0.2) is 66.7 Å². The monoisotopic (exact) mass is 476 g/mol. The zero-order valence-electron chi connectivity index (χ0n) is 12.7. The second-order valence-corrected chi connectivity index (χ2v) is 11.9. The predicted molar refractivity (Wildman–Crippen MR) is 103 cm³/mol. The average Bonchev–Trinajstić information content (AvgIpc) is 3.12. The summed E-state index contributed by atoms with van der Waals surface area (Å²) in [6, 6.07) is 25.3. The summed E-state index contributed by atoms with van der Waals surface area (Å²) in [5.41, 5.74) is 1.38. The van der Waals surface area contributed by atoms with E-state index in [1.165, 1.54) is 35.8 Å². The van der Waals surface area contributed by atoms with Crippen molar-refractivity contribution in [1.82, 2.24) is 0 Å². The van der Waals surface area contributed by atoms with Gasteiger partial charge in [-0.05, 0) is 0 Å². The molecule has 5 rings (SSSR count). The first-order valence-corrected chi connectivity index (χ1v) is 11.7. The molecule has 23 heavy (non-hydrogen) atoms. The molecule has 2 heteroatoms. The van der Waals surface area contributed by atoms with Crippen LogP contribution < -0.4 is 0 Å². The van der Waals surface area contributed by atoms with E-state index in [1.54, 1.807) is 6.98 Å². The molecule has 0 nitrogen and oxygen atoms in total. The van der Waals surface area contributed by atoms with Gasteiger partial charge in [0.05, 0.1) is 0 Å². The minimum absolute atomic E-state index is 0.105. The maximum atomic E-state index is 2.45. The molecule has 0 spiro atoms. The molecule has 110 valence electrons. The molecule has 5 aromatic rings. The van der Waals surface area contributed by atoms with Crippen LogP contribution in [0.2, 0.25) is 0 Å². The van der Waals surface area contributed by atoms with E-state index in [9.17, 15) is 0 Å². The van der Waals surface area contributed by atoms with Crippen LogP contribution in [0.4, 0.5) is 0 Å². The van der Waals surface area contributed by atoms with Gasteiger partial charge in [-0.25, -0.2) is 0 Å². The third kappa shape index (κ3) is 2.42. The van der Waals surface area contributed by atoms with Crippen molar-refractivity contribution in [2.75, 3.05) is 0 Å². The quantitative estimate of drug-likeness (QED) is 0.293. The Morgan fingerprint density at radius 3 is 2.39 bits per heavy atom. The van der Waals surface area contributed by atoms with Gasteiger partial charge in [-0.1, -0.05) is 0 Å². The molecule has 0 aliphatic rings. The van der Waals surface area contributed by atoms with E-state index >= 15 is 0 Å². The average molecular weight is 473 g/mol. The fourth-order valence-electron chi connectivity index (χ4n) is 3.20. The summed E-state index contributed by atoms with van der Waals surface area (Å²) in [7, 11) is 0. The Balaban J connectivity index is 1.77. The first kappa shape index (κ1) is 14.1. The van der Waals surface area contributed by atoms with Crippen LogP contribution in [-0.2, 0) is 0 Å². The normalized spacial score (nSPS) is 11.7. The number of fused-ring (bicyclic) bond motifs is 3. The number of rotatable bonds is 1. The topological polar surface area (TPSA) is 0 Å². The van der Waals surface area contributed by atoms with Gasteiger partial charge in [0.1, 0.15) is 0 Å². The van der Waals surface area contributed by atoms with Crippen molar-refractivity contribution in [3.05, 3.63) is 70.3 Å². The molecule has 0 saturated heterocycles. The van der Waals surface area contributed by atoms with Crippen LogP contribution in [-0.4, -0.2) is 34.9 Å². The van der Waals surface area contributed by atoms with E-state index in [0.717, 1.165) is 0 Å². The second kappa shape index (κ2) is 5.37. The molecule has 0 N–H and O–H groups in total. The van der Waals surface area contributed by atoms with E-state index in [0.29, 0.717) is 14.5 Å². The summed E-state index contributed by atoms with van der Waals surface area (Å²) in [5, 5.41) is 5.72. The molecular weight excluding hydrogens is 459 g/mol. The number of aryl methyl sites for hydroxylation is 1. The Kier molecular flexibility index (Phi) is 3.29. The molecule has 2 heterocycles. The van der Waals surface area contributed by atoms with E-state index < -0.39 is 0 Å². The van der Waals surface area contributed by atoms with Crippen molar-refractivity contribution in [3.63, 3.8) is 0 Å². The summed E-state index contributed by atoms with van der Waals surface area (Å²) in [5.74, 6) is 0. The van der Waals surface area contributed by atoms with Crippen molar-refractivity contribution in [2.24, 2.45) is 0 Å². The Bertz CT molecular complexity index is 1090. The summed E-state index contributed by atoms with van der Waals surface area (Å²) >= 11 is 0.316. The molecule has 0 aliphatic heterocycles. The zero-order valence-corrected chi connectivity index (χ0v) is 16.7. The molecule has 2 aromatic heterocycles. The van der Waals surface area contributed by atoms with E-state index in [-0.39, 0.29) is 20.4 Å². The third-order valence-corrected chi connectivity index (χ3v) is 9.59. The van der Waals surface area contributed by atoms with Gasteiger partial charge in [-0.3, -0.25) is 0 Å². The van der Waals surface area contributed by atoms with Gasteiger partial charge in [0, 0.05) is 0 Å². The zero-order chi connectivity index (χ0) is 15.4.